The molecule has 0 saturated heterocycles. The first-order valence-corrected chi connectivity index (χ1v) is 6.32. The van der Waals surface area contributed by atoms with Crippen molar-refractivity contribution in [3.63, 3.8) is 0 Å². The Kier molecular flexibility index (Phi) is 5.81. The topological polar surface area (TPSA) is 118 Å². The molecule has 0 bridgehead atoms. The van der Waals surface area contributed by atoms with Gasteiger partial charge in [-0.05, 0) is 24.1 Å². The summed E-state index contributed by atoms with van der Waals surface area (Å²) in [5, 5.41) is 11.3. The molecular formula is C12H17N3O3S. The molecule has 0 heterocycles. The number of nitrogens with two attached hydrogens (primary N) is 2. The molecule has 0 unspecified atom stereocenters. The highest BCUT2D eigenvalue weighted by Crippen LogP contribution is 2.11. The second-order valence-electron chi connectivity index (χ2n) is 4.12. The third kappa shape index (κ3) is 4.90. The molecule has 0 spiro atoms. The number of aliphatic carboxylic acids is 1. The lowest BCUT2D eigenvalue weighted by Crippen LogP contribution is -2.37. The second-order valence-corrected chi connectivity index (χ2v) is 4.49. The maximum absolute atomic E-state index is 11.5. The van der Waals surface area contributed by atoms with Crippen LogP contribution < -0.4 is 16.8 Å². The molecule has 19 heavy (non-hydrogen) atoms. The average molecular weight is 283 g/mol. The number of carbonyl (C=O) groups excluding carboxylic acids is 1. The fraction of sp³-hybridized carbons (Fsp3) is 0.333. The maximum Gasteiger partial charge on any atom is 0.320 e. The Bertz CT molecular complexity index is 450. The van der Waals surface area contributed by atoms with Gasteiger partial charge in [-0.3, -0.25) is 9.59 Å². The van der Waals surface area contributed by atoms with Crippen molar-refractivity contribution in [3.05, 3.63) is 29.8 Å². The summed E-state index contributed by atoms with van der Waals surface area (Å²) < 4.78 is 0. The summed E-state index contributed by atoms with van der Waals surface area (Å²) in [7, 11) is 0. The van der Waals surface area contributed by atoms with Crippen molar-refractivity contribution in [1.82, 2.24) is 0 Å². The number of benzene rings is 1. The molecule has 0 aliphatic carbocycles. The first kappa shape index (κ1) is 15.5. The lowest BCUT2D eigenvalue weighted by Gasteiger charge is -2.11. The predicted octanol–water partition coefficient (Wildman–Crippen LogP) is -0.163. The fourth-order valence-electron chi connectivity index (χ4n) is 1.38. The molecule has 2 atom stereocenters. The van der Waals surface area contributed by atoms with Crippen molar-refractivity contribution in [2.45, 2.75) is 18.5 Å². The number of anilines is 1. The van der Waals surface area contributed by atoms with E-state index in [1.807, 2.05) is 0 Å². The summed E-state index contributed by atoms with van der Waals surface area (Å²) in [6, 6.07) is 5.18. The van der Waals surface area contributed by atoms with Crippen molar-refractivity contribution in [2.24, 2.45) is 11.5 Å². The van der Waals surface area contributed by atoms with E-state index in [2.05, 4.69) is 17.9 Å². The summed E-state index contributed by atoms with van der Waals surface area (Å²) in [4.78, 5) is 22.1. The van der Waals surface area contributed by atoms with Gasteiger partial charge in [0.15, 0.2) is 0 Å². The van der Waals surface area contributed by atoms with Gasteiger partial charge >= 0.3 is 5.97 Å². The lowest BCUT2D eigenvalue weighted by molar-refractivity contribution is -0.138. The molecular weight excluding hydrogens is 266 g/mol. The Morgan fingerprint density at radius 1 is 1.21 bits per heavy atom. The highest BCUT2D eigenvalue weighted by molar-refractivity contribution is 7.80. The number of hydrogen-bond acceptors (Lipinski definition) is 5. The van der Waals surface area contributed by atoms with Crippen LogP contribution in [0.25, 0.3) is 0 Å². The normalized spacial score (nSPS) is 13.6. The molecule has 0 fully saturated rings. The van der Waals surface area contributed by atoms with Crippen molar-refractivity contribution in [3.8, 4) is 0 Å². The Hall–Kier alpha value is -1.57. The molecule has 0 saturated carbocycles. The molecule has 0 aromatic heterocycles. The number of thiol groups is 1. The summed E-state index contributed by atoms with van der Waals surface area (Å²) >= 11 is 3.94. The number of carbonyl (C=O) groups is 2. The molecule has 104 valence electrons. The van der Waals surface area contributed by atoms with Crippen LogP contribution in [0.1, 0.15) is 5.56 Å². The van der Waals surface area contributed by atoms with Crippen LogP contribution in [0.2, 0.25) is 0 Å². The summed E-state index contributed by atoms with van der Waals surface area (Å²) in [6.07, 6.45) is 0.236. The van der Waals surface area contributed by atoms with Gasteiger partial charge in [0.05, 0.1) is 6.04 Å². The van der Waals surface area contributed by atoms with Crippen LogP contribution in [0.3, 0.4) is 0 Å². The van der Waals surface area contributed by atoms with Gasteiger partial charge in [-0.1, -0.05) is 12.1 Å². The third-order valence-electron chi connectivity index (χ3n) is 2.53. The molecule has 6 nitrogen and oxygen atoms in total. The van der Waals surface area contributed by atoms with Crippen LogP contribution in [-0.2, 0) is 16.0 Å². The van der Waals surface area contributed by atoms with Gasteiger partial charge in [0.2, 0.25) is 5.91 Å². The highest BCUT2D eigenvalue weighted by Gasteiger charge is 2.13. The van der Waals surface area contributed by atoms with Gasteiger partial charge in [0.25, 0.3) is 0 Å². The Morgan fingerprint density at radius 2 is 1.79 bits per heavy atom. The van der Waals surface area contributed by atoms with Crippen LogP contribution in [0.4, 0.5) is 5.69 Å². The van der Waals surface area contributed by atoms with Gasteiger partial charge in [-0.15, -0.1) is 0 Å². The molecule has 1 amide bonds. The van der Waals surface area contributed by atoms with Crippen LogP contribution in [0, 0.1) is 0 Å². The zero-order chi connectivity index (χ0) is 14.4. The molecule has 6 N–H and O–H groups in total. The van der Waals surface area contributed by atoms with Gasteiger partial charge in [-0.25, -0.2) is 0 Å². The first-order chi connectivity index (χ1) is 8.93. The van der Waals surface area contributed by atoms with Crippen molar-refractivity contribution in [2.75, 3.05) is 11.1 Å². The van der Waals surface area contributed by atoms with Crippen LogP contribution >= 0.6 is 12.6 Å². The molecule has 7 heteroatoms. The SMILES string of the molecule is N[C@H](CS)C(=O)Nc1ccc(C[C@H](N)C(=O)O)cc1. The molecule has 1 aromatic rings. The smallest absolute Gasteiger partial charge is 0.320 e. The fourth-order valence-corrected chi connectivity index (χ4v) is 1.55. The molecule has 0 aliphatic heterocycles. The van der Waals surface area contributed by atoms with Crippen molar-refractivity contribution >= 4 is 30.2 Å². The van der Waals surface area contributed by atoms with Crippen molar-refractivity contribution in [1.29, 1.82) is 0 Å². The number of carboxylic acid groups (broad SMARTS) is 1. The summed E-state index contributed by atoms with van der Waals surface area (Å²) in [6.45, 7) is 0. The maximum atomic E-state index is 11.5. The van der Waals surface area contributed by atoms with Crippen LogP contribution in [0.5, 0.6) is 0 Å². The largest absolute Gasteiger partial charge is 0.480 e. The van der Waals surface area contributed by atoms with E-state index in [0.29, 0.717) is 5.69 Å². The second kappa shape index (κ2) is 7.13. The third-order valence-corrected chi connectivity index (χ3v) is 2.92. The van der Waals surface area contributed by atoms with E-state index >= 15 is 0 Å². The average Bonchev–Trinajstić information content (AvgIpc) is 2.39. The molecule has 1 rings (SSSR count). The minimum Gasteiger partial charge on any atom is -0.480 e. The van der Waals surface area contributed by atoms with E-state index in [4.69, 9.17) is 16.6 Å². The van der Waals surface area contributed by atoms with E-state index in [-0.39, 0.29) is 18.1 Å². The van der Waals surface area contributed by atoms with E-state index < -0.39 is 18.1 Å². The Balaban J connectivity index is 2.61. The number of nitrogens with one attached hydrogen (secondary N) is 1. The number of hydrogen-bond donors (Lipinski definition) is 5. The molecule has 0 aliphatic rings. The zero-order valence-corrected chi connectivity index (χ0v) is 11.1. The standard InChI is InChI=1S/C12H17N3O3S/c13-9(12(17)18)5-7-1-3-8(4-2-7)15-11(16)10(14)6-19/h1-4,9-10,19H,5-6,13-14H2,(H,15,16)(H,17,18)/t9-,10+/m0/s1. The lowest BCUT2D eigenvalue weighted by atomic mass is 10.1. The number of rotatable bonds is 6. The first-order valence-electron chi connectivity index (χ1n) is 5.68. The monoisotopic (exact) mass is 283 g/mol. The summed E-state index contributed by atoms with van der Waals surface area (Å²) in [5.74, 6) is -1.10. The van der Waals surface area contributed by atoms with E-state index in [0.717, 1.165) is 5.56 Å². The van der Waals surface area contributed by atoms with Gasteiger partial charge in [-0.2, -0.15) is 12.6 Å². The van der Waals surface area contributed by atoms with Crippen LogP contribution in [0.15, 0.2) is 24.3 Å². The number of amides is 1. The van der Waals surface area contributed by atoms with Gasteiger partial charge in [0, 0.05) is 11.4 Å². The zero-order valence-electron chi connectivity index (χ0n) is 10.2. The van der Waals surface area contributed by atoms with Crippen LogP contribution in [-0.4, -0.2) is 34.8 Å². The van der Waals surface area contributed by atoms with Gasteiger partial charge in [0.1, 0.15) is 6.04 Å². The Morgan fingerprint density at radius 3 is 2.26 bits per heavy atom. The van der Waals surface area contributed by atoms with E-state index in [1.54, 1.807) is 24.3 Å². The minimum absolute atomic E-state index is 0.236. The predicted molar refractivity (Wildman–Crippen MR) is 76.2 cm³/mol. The van der Waals surface area contributed by atoms with Gasteiger partial charge < -0.3 is 21.9 Å². The Labute approximate surface area is 116 Å². The van der Waals surface area contributed by atoms with E-state index in [1.165, 1.54) is 0 Å². The van der Waals surface area contributed by atoms with Crippen molar-refractivity contribution < 1.29 is 14.7 Å². The highest BCUT2D eigenvalue weighted by atomic mass is 32.1. The van der Waals surface area contributed by atoms with E-state index in [9.17, 15) is 9.59 Å². The molecule has 1 aromatic carbocycles. The quantitative estimate of drug-likeness (QED) is 0.465. The summed E-state index contributed by atoms with van der Waals surface area (Å²) in [5.41, 5.74) is 12.3. The molecule has 0 radical (unpaired) electrons. The number of carboxylic acids is 1. The minimum atomic E-state index is -1.04.